The van der Waals surface area contributed by atoms with E-state index in [1.54, 1.807) is 0 Å². The summed E-state index contributed by atoms with van der Waals surface area (Å²) in [7, 11) is 0. The molecule has 0 aliphatic heterocycles. The van der Waals surface area contributed by atoms with Gasteiger partial charge in [0.15, 0.2) is 0 Å². The van der Waals surface area contributed by atoms with E-state index >= 15 is 0 Å². The molecule has 1 aliphatic rings. The number of nitrogens with one attached hydrogen (secondary N) is 1. The van der Waals surface area contributed by atoms with Gasteiger partial charge in [0, 0.05) is 6.04 Å². The maximum atomic E-state index is 5.67. The van der Waals surface area contributed by atoms with Crippen LogP contribution in [0, 0.1) is 0 Å². The third-order valence-electron chi connectivity index (χ3n) is 3.29. The average molecular weight is 271 g/mol. The maximum absolute atomic E-state index is 5.67. The highest BCUT2D eigenvalue weighted by Gasteiger charge is 2.21. The lowest BCUT2D eigenvalue weighted by atomic mass is 10.1. The molecule has 0 bridgehead atoms. The molecule has 0 atom stereocenters. The molecule has 1 aromatic heterocycles. The van der Waals surface area contributed by atoms with E-state index in [9.17, 15) is 0 Å². The molecular formula is C14H17N5O. The Bertz CT molecular complexity index is 591. The van der Waals surface area contributed by atoms with Crippen molar-refractivity contribution in [3.8, 4) is 6.01 Å². The Morgan fingerprint density at radius 3 is 2.55 bits per heavy atom. The molecule has 0 amide bonds. The van der Waals surface area contributed by atoms with Gasteiger partial charge in [-0.25, -0.2) is 0 Å². The summed E-state index contributed by atoms with van der Waals surface area (Å²) >= 11 is 0. The predicted molar refractivity (Wildman–Crippen MR) is 76.7 cm³/mol. The second-order valence-electron chi connectivity index (χ2n) is 4.75. The monoisotopic (exact) mass is 271 g/mol. The molecule has 1 aromatic carbocycles. The zero-order valence-electron chi connectivity index (χ0n) is 11.3. The van der Waals surface area contributed by atoms with Crippen LogP contribution >= 0.6 is 0 Å². The highest BCUT2D eigenvalue weighted by Crippen LogP contribution is 2.23. The average Bonchev–Trinajstić information content (AvgIpc) is 2.80. The van der Waals surface area contributed by atoms with Crippen molar-refractivity contribution in [3.05, 3.63) is 35.4 Å². The lowest BCUT2D eigenvalue weighted by Crippen LogP contribution is -2.22. The summed E-state index contributed by atoms with van der Waals surface area (Å²) in [6.07, 6.45) is 1.93. The molecule has 0 saturated heterocycles. The lowest BCUT2D eigenvalue weighted by molar-refractivity contribution is 0.312. The van der Waals surface area contributed by atoms with Gasteiger partial charge >= 0.3 is 6.01 Å². The Balaban J connectivity index is 1.73. The number of aromatic nitrogens is 3. The SMILES string of the molecule is CCOc1nc(N)nc(NC2Cc3ccccc3C2)n1. The molecular weight excluding hydrogens is 254 g/mol. The summed E-state index contributed by atoms with van der Waals surface area (Å²) in [6, 6.07) is 8.99. The molecule has 0 spiro atoms. The van der Waals surface area contributed by atoms with Crippen LogP contribution in [0.1, 0.15) is 18.1 Å². The smallest absolute Gasteiger partial charge is 0.323 e. The maximum Gasteiger partial charge on any atom is 0.323 e. The summed E-state index contributed by atoms with van der Waals surface area (Å²) in [4.78, 5) is 12.3. The van der Waals surface area contributed by atoms with E-state index in [4.69, 9.17) is 10.5 Å². The van der Waals surface area contributed by atoms with Crippen LogP contribution in [-0.4, -0.2) is 27.6 Å². The predicted octanol–water partition coefficient (Wildman–Crippen LogP) is 1.43. The fourth-order valence-electron chi connectivity index (χ4n) is 2.47. The summed E-state index contributed by atoms with van der Waals surface area (Å²) < 4.78 is 5.27. The van der Waals surface area contributed by atoms with E-state index in [1.807, 2.05) is 6.92 Å². The van der Waals surface area contributed by atoms with Gasteiger partial charge in [-0.3, -0.25) is 0 Å². The van der Waals surface area contributed by atoms with Crippen molar-refractivity contribution in [3.63, 3.8) is 0 Å². The molecule has 0 saturated carbocycles. The summed E-state index contributed by atoms with van der Waals surface area (Å²) in [5.74, 6) is 0.639. The quantitative estimate of drug-likeness (QED) is 0.875. The number of nitrogens with two attached hydrogens (primary N) is 1. The number of fused-ring (bicyclic) bond motifs is 1. The summed E-state index contributed by atoms with van der Waals surface area (Å²) in [5, 5.41) is 3.31. The number of ether oxygens (including phenoxy) is 1. The van der Waals surface area contributed by atoms with Gasteiger partial charge in [-0.2, -0.15) is 15.0 Å². The molecule has 0 radical (unpaired) electrons. The van der Waals surface area contributed by atoms with Crippen molar-refractivity contribution in [2.24, 2.45) is 0 Å². The van der Waals surface area contributed by atoms with Crippen molar-refractivity contribution < 1.29 is 4.74 Å². The van der Waals surface area contributed by atoms with Gasteiger partial charge in [0.2, 0.25) is 11.9 Å². The summed E-state index contributed by atoms with van der Waals surface area (Å²) in [6.45, 7) is 2.37. The van der Waals surface area contributed by atoms with Crippen LogP contribution in [-0.2, 0) is 12.8 Å². The normalized spacial score (nSPS) is 14.1. The molecule has 1 aliphatic carbocycles. The van der Waals surface area contributed by atoms with Crippen LogP contribution in [0.4, 0.5) is 11.9 Å². The van der Waals surface area contributed by atoms with E-state index in [2.05, 4.69) is 44.5 Å². The van der Waals surface area contributed by atoms with Gasteiger partial charge in [-0.15, -0.1) is 0 Å². The van der Waals surface area contributed by atoms with Crippen molar-refractivity contribution in [1.29, 1.82) is 0 Å². The highest BCUT2D eigenvalue weighted by atomic mass is 16.5. The fraction of sp³-hybridized carbons (Fsp3) is 0.357. The first-order chi connectivity index (χ1) is 9.74. The van der Waals surface area contributed by atoms with Crippen LogP contribution in [0.5, 0.6) is 6.01 Å². The Labute approximate surface area is 117 Å². The van der Waals surface area contributed by atoms with Gasteiger partial charge in [0.05, 0.1) is 6.61 Å². The molecule has 20 heavy (non-hydrogen) atoms. The van der Waals surface area contributed by atoms with Crippen molar-refractivity contribution in [2.75, 3.05) is 17.7 Å². The minimum atomic E-state index is 0.168. The number of anilines is 2. The Morgan fingerprint density at radius 1 is 1.20 bits per heavy atom. The first-order valence-electron chi connectivity index (χ1n) is 6.72. The molecule has 3 N–H and O–H groups in total. The molecule has 6 nitrogen and oxygen atoms in total. The number of hydrogen-bond donors (Lipinski definition) is 2. The molecule has 0 fully saturated rings. The number of nitrogens with zero attached hydrogens (tertiary/aromatic N) is 3. The molecule has 1 heterocycles. The van der Waals surface area contributed by atoms with Crippen LogP contribution in [0.2, 0.25) is 0 Å². The van der Waals surface area contributed by atoms with E-state index in [-0.39, 0.29) is 18.0 Å². The van der Waals surface area contributed by atoms with E-state index in [1.165, 1.54) is 11.1 Å². The van der Waals surface area contributed by atoms with Crippen molar-refractivity contribution in [1.82, 2.24) is 15.0 Å². The van der Waals surface area contributed by atoms with Crippen LogP contribution in [0.3, 0.4) is 0 Å². The Hall–Kier alpha value is -2.37. The standard InChI is InChI=1S/C14H17N5O/c1-2-20-14-18-12(15)17-13(19-14)16-11-7-9-5-3-4-6-10(9)8-11/h3-6,11H,2,7-8H2,1H3,(H3,15,16,17,18,19). The topological polar surface area (TPSA) is 86.0 Å². The third-order valence-corrected chi connectivity index (χ3v) is 3.29. The number of nitrogen functional groups attached to an aromatic ring is 1. The zero-order chi connectivity index (χ0) is 13.9. The van der Waals surface area contributed by atoms with Crippen molar-refractivity contribution >= 4 is 11.9 Å². The largest absolute Gasteiger partial charge is 0.464 e. The lowest BCUT2D eigenvalue weighted by Gasteiger charge is -2.12. The molecule has 104 valence electrons. The molecule has 2 aromatic rings. The van der Waals surface area contributed by atoms with Crippen LogP contribution in [0.25, 0.3) is 0 Å². The second kappa shape index (κ2) is 5.32. The van der Waals surface area contributed by atoms with Gasteiger partial charge in [0.1, 0.15) is 0 Å². The van der Waals surface area contributed by atoms with E-state index < -0.39 is 0 Å². The molecule has 6 heteroatoms. The number of rotatable bonds is 4. The van der Waals surface area contributed by atoms with Gasteiger partial charge in [-0.05, 0) is 30.9 Å². The van der Waals surface area contributed by atoms with E-state index in [0.29, 0.717) is 12.6 Å². The zero-order valence-corrected chi connectivity index (χ0v) is 11.3. The van der Waals surface area contributed by atoms with Gasteiger partial charge in [-0.1, -0.05) is 24.3 Å². The number of hydrogen-bond acceptors (Lipinski definition) is 6. The second-order valence-corrected chi connectivity index (χ2v) is 4.75. The first-order valence-corrected chi connectivity index (χ1v) is 6.72. The van der Waals surface area contributed by atoms with Gasteiger partial charge < -0.3 is 15.8 Å². The highest BCUT2D eigenvalue weighted by molar-refractivity contribution is 5.40. The third kappa shape index (κ3) is 2.64. The summed E-state index contributed by atoms with van der Waals surface area (Å²) in [5.41, 5.74) is 8.41. The molecule has 0 unspecified atom stereocenters. The minimum Gasteiger partial charge on any atom is -0.464 e. The minimum absolute atomic E-state index is 0.168. The number of benzene rings is 1. The van der Waals surface area contributed by atoms with Crippen LogP contribution in [0.15, 0.2) is 24.3 Å². The fourth-order valence-corrected chi connectivity index (χ4v) is 2.47. The first kappa shape index (κ1) is 12.7. The van der Waals surface area contributed by atoms with Crippen molar-refractivity contribution in [2.45, 2.75) is 25.8 Å². The van der Waals surface area contributed by atoms with Gasteiger partial charge in [0.25, 0.3) is 0 Å². The Morgan fingerprint density at radius 2 is 1.90 bits per heavy atom. The van der Waals surface area contributed by atoms with E-state index in [0.717, 1.165) is 12.8 Å². The van der Waals surface area contributed by atoms with Crippen LogP contribution < -0.4 is 15.8 Å². The Kier molecular flexibility index (Phi) is 3.37. The molecule has 3 rings (SSSR count).